The zero-order valence-corrected chi connectivity index (χ0v) is 11.8. The SMILES string of the molecule is Cc1csc(CCNc2nn3cc(C)nc3s2)n1. The summed E-state index contributed by atoms with van der Waals surface area (Å²) in [5, 5.41) is 11.9. The lowest BCUT2D eigenvalue weighted by molar-refractivity contribution is 0.939. The van der Waals surface area contributed by atoms with Crippen LogP contribution in [0, 0.1) is 13.8 Å². The van der Waals surface area contributed by atoms with Crippen molar-refractivity contribution < 1.29 is 0 Å². The van der Waals surface area contributed by atoms with Gasteiger partial charge in [-0.15, -0.1) is 16.4 Å². The first-order valence-electron chi connectivity index (χ1n) is 5.68. The molecule has 0 bridgehead atoms. The van der Waals surface area contributed by atoms with Gasteiger partial charge in [-0.1, -0.05) is 11.3 Å². The maximum absolute atomic E-state index is 4.43. The monoisotopic (exact) mass is 279 g/mol. The van der Waals surface area contributed by atoms with E-state index in [0.29, 0.717) is 0 Å². The van der Waals surface area contributed by atoms with Gasteiger partial charge in [-0.3, -0.25) is 0 Å². The highest BCUT2D eigenvalue weighted by Crippen LogP contribution is 2.19. The number of anilines is 1. The molecule has 3 aromatic heterocycles. The molecule has 3 aromatic rings. The molecule has 0 radical (unpaired) electrons. The average Bonchev–Trinajstić information content (AvgIpc) is 2.94. The molecule has 0 saturated carbocycles. The van der Waals surface area contributed by atoms with E-state index in [1.807, 2.05) is 24.6 Å². The van der Waals surface area contributed by atoms with Crippen LogP contribution in [0.4, 0.5) is 5.13 Å². The summed E-state index contributed by atoms with van der Waals surface area (Å²) in [5.41, 5.74) is 2.09. The number of aromatic nitrogens is 4. The summed E-state index contributed by atoms with van der Waals surface area (Å²) in [6.45, 7) is 4.84. The second kappa shape index (κ2) is 4.66. The van der Waals surface area contributed by atoms with E-state index in [-0.39, 0.29) is 0 Å². The second-order valence-electron chi connectivity index (χ2n) is 4.08. The van der Waals surface area contributed by atoms with Crippen LogP contribution in [0.2, 0.25) is 0 Å². The van der Waals surface area contributed by atoms with Gasteiger partial charge in [0.25, 0.3) is 0 Å². The van der Waals surface area contributed by atoms with E-state index >= 15 is 0 Å². The van der Waals surface area contributed by atoms with Gasteiger partial charge in [0.05, 0.1) is 16.9 Å². The quantitative estimate of drug-likeness (QED) is 0.797. The number of fused-ring (bicyclic) bond motifs is 1. The van der Waals surface area contributed by atoms with Gasteiger partial charge in [-0.25, -0.2) is 14.5 Å². The lowest BCUT2D eigenvalue weighted by Crippen LogP contribution is -2.04. The molecule has 0 saturated heterocycles. The number of rotatable bonds is 4. The summed E-state index contributed by atoms with van der Waals surface area (Å²) in [7, 11) is 0. The summed E-state index contributed by atoms with van der Waals surface area (Å²) in [5.74, 6) is 0. The summed E-state index contributed by atoms with van der Waals surface area (Å²) >= 11 is 3.28. The van der Waals surface area contributed by atoms with Gasteiger partial charge in [0.1, 0.15) is 0 Å². The molecule has 5 nitrogen and oxygen atoms in total. The van der Waals surface area contributed by atoms with Gasteiger partial charge in [0.2, 0.25) is 10.1 Å². The molecule has 0 spiro atoms. The van der Waals surface area contributed by atoms with Crippen molar-refractivity contribution in [2.45, 2.75) is 20.3 Å². The van der Waals surface area contributed by atoms with Crippen molar-refractivity contribution in [3.8, 4) is 0 Å². The first-order valence-corrected chi connectivity index (χ1v) is 7.38. The van der Waals surface area contributed by atoms with Crippen LogP contribution in [0.1, 0.15) is 16.4 Å². The van der Waals surface area contributed by atoms with Crippen LogP contribution >= 0.6 is 22.7 Å². The highest BCUT2D eigenvalue weighted by atomic mass is 32.1. The Bertz CT molecular complexity index is 634. The summed E-state index contributed by atoms with van der Waals surface area (Å²) < 4.78 is 1.82. The molecule has 3 heterocycles. The lowest BCUT2D eigenvalue weighted by atomic mass is 10.4. The van der Waals surface area contributed by atoms with Crippen LogP contribution in [0.25, 0.3) is 4.96 Å². The number of aryl methyl sites for hydroxylation is 2. The molecule has 0 aliphatic rings. The molecule has 0 aliphatic heterocycles. The second-order valence-corrected chi connectivity index (χ2v) is 5.97. The van der Waals surface area contributed by atoms with Crippen molar-refractivity contribution >= 4 is 32.8 Å². The highest BCUT2D eigenvalue weighted by Gasteiger charge is 2.06. The van der Waals surface area contributed by atoms with Crippen LogP contribution in [-0.2, 0) is 6.42 Å². The molecule has 0 atom stereocenters. The Labute approximate surface area is 113 Å². The number of nitrogens with one attached hydrogen (secondary N) is 1. The smallest absolute Gasteiger partial charge is 0.214 e. The third-order valence-electron chi connectivity index (χ3n) is 2.45. The zero-order chi connectivity index (χ0) is 12.5. The standard InChI is InChI=1S/C11H13N5S2/c1-7-5-16-11(14-7)18-10(15-16)12-4-3-9-13-8(2)6-17-9/h5-6H,3-4H2,1-2H3,(H,12,15). The van der Waals surface area contributed by atoms with Crippen molar-refractivity contribution in [3.63, 3.8) is 0 Å². The fourth-order valence-corrected chi connectivity index (χ4v) is 3.30. The molecule has 94 valence electrons. The normalized spacial score (nSPS) is 11.2. The van der Waals surface area contributed by atoms with E-state index in [9.17, 15) is 0 Å². The largest absolute Gasteiger partial charge is 0.360 e. The van der Waals surface area contributed by atoms with Crippen LogP contribution in [0.3, 0.4) is 0 Å². The van der Waals surface area contributed by atoms with E-state index < -0.39 is 0 Å². The van der Waals surface area contributed by atoms with Crippen molar-refractivity contribution in [2.75, 3.05) is 11.9 Å². The summed E-state index contributed by atoms with van der Waals surface area (Å²) in [6.07, 6.45) is 2.86. The number of nitrogens with zero attached hydrogens (tertiary/aromatic N) is 4. The third kappa shape index (κ3) is 2.37. The molecule has 18 heavy (non-hydrogen) atoms. The maximum Gasteiger partial charge on any atom is 0.214 e. The van der Waals surface area contributed by atoms with Crippen molar-refractivity contribution in [2.24, 2.45) is 0 Å². The van der Waals surface area contributed by atoms with Gasteiger partial charge in [-0.2, -0.15) is 0 Å². The minimum atomic E-state index is 0.850. The summed E-state index contributed by atoms with van der Waals surface area (Å²) in [6, 6.07) is 0. The molecule has 0 aliphatic carbocycles. The minimum absolute atomic E-state index is 0.850. The Kier molecular flexibility index (Phi) is 3.00. The van der Waals surface area contributed by atoms with Crippen molar-refractivity contribution in [3.05, 3.63) is 28.0 Å². The van der Waals surface area contributed by atoms with Crippen LogP contribution in [0.5, 0.6) is 0 Å². The maximum atomic E-state index is 4.43. The van der Waals surface area contributed by atoms with Gasteiger partial charge in [0, 0.05) is 24.0 Å². The predicted octanol–water partition coefficient (Wildman–Crippen LogP) is 2.52. The molecule has 0 aromatic carbocycles. The first kappa shape index (κ1) is 11.6. The Hall–Kier alpha value is -1.47. The number of imidazole rings is 1. The van der Waals surface area contributed by atoms with Gasteiger partial charge in [0.15, 0.2) is 0 Å². The molecule has 0 unspecified atom stereocenters. The van der Waals surface area contributed by atoms with E-state index in [0.717, 1.165) is 39.5 Å². The minimum Gasteiger partial charge on any atom is -0.360 e. The molecule has 7 heteroatoms. The Morgan fingerprint density at radius 3 is 2.89 bits per heavy atom. The molecule has 1 N–H and O–H groups in total. The van der Waals surface area contributed by atoms with Gasteiger partial charge < -0.3 is 5.32 Å². The van der Waals surface area contributed by atoms with E-state index in [4.69, 9.17) is 0 Å². The van der Waals surface area contributed by atoms with E-state index in [1.165, 1.54) is 0 Å². The number of hydrogen-bond acceptors (Lipinski definition) is 6. The zero-order valence-electron chi connectivity index (χ0n) is 10.2. The predicted molar refractivity (Wildman–Crippen MR) is 74.6 cm³/mol. The van der Waals surface area contributed by atoms with Crippen LogP contribution in [0.15, 0.2) is 11.6 Å². The molecule has 3 rings (SSSR count). The lowest BCUT2D eigenvalue weighted by Gasteiger charge is -1.98. The Balaban J connectivity index is 1.60. The third-order valence-corrected chi connectivity index (χ3v) is 4.35. The molecule has 0 amide bonds. The highest BCUT2D eigenvalue weighted by molar-refractivity contribution is 7.20. The fourth-order valence-electron chi connectivity index (χ4n) is 1.67. The van der Waals surface area contributed by atoms with Gasteiger partial charge >= 0.3 is 0 Å². The topological polar surface area (TPSA) is 55.1 Å². The van der Waals surface area contributed by atoms with Crippen LogP contribution < -0.4 is 5.32 Å². The van der Waals surface area contributed by atoms with Crippen molar-refractivity contribution in [1.29, 1.82) is 0 Å². The van der Waals surface area contributed by atoms with Crippen molar-refractivity contribution in [1.82, 2.24) is 19.6 Å². The van der Waals surface area contributed by atoms with Crippen LogP contribution in [-0.4, -0.2) is 26.1 Å². The summed E-state index contributed by atoms with van der Waals surface area (Å²) in [4.78, 5) is 9.73. The van der Waals surface area contributed by atoms with Gasteiger partial charge in [-0.05, 0) is 13.8 Å². The number of thiazole rings is 1. The molecular formula is C11H13N5S2. The molecule has 0 fully saturated rings. The number of hydrogen-bond donors (Lipinski definition) is 1. The van der Waals surface area contributed by atoms with E-state index in [1.54, 1.807) is 22.7 Å². The first-order chi connectivity index (χ1) is 8.70. The fraction of sp³-hybridized carbons (Fsp3) is 0.364. The van der Waals surface area contributed by atoms with E-state index in [2.05, 4.69) is 25.8 Å². The molecular weight excluding hydrogens is 266 g/mol. The Morgan fingerprint density at radius 1 is 1.28 bits per heavy atom. The average molecular weight is 279 g/mol. The Morgan fingerprint density at radius 2 is 2.17 bits per heavy atom.